The lowest BCUT2D eigenvalue weighted by molar-refractivity contribution is 0.454. The molecule has 100 valence electrons. The molecule has 0 radical (unpaired) electrons. The molecule has 1 aromatic carbocycles. The van der Waals surface area contributed by atoms with Gasteiger partial charge in [-0.1, -0.05) is 32.9 Å². The Morgan fingerprint density at radius 2 is 1.79 bits per heavy atom. The van der Waals surface area contributed by atoms with E-state index in [9.17, 15) is 0 Å². The Morgan fingerprint density at radius 3 is 2.42 bits per heavy atom. The fraction of sp³-hybridized carbons (Fsp3) is 0.333. The Hall–Kier alpha value is -2.10. The van der Waals surface area contributed by atoms with Crippen LogP contribution < -0.4 is 10.5 Å². The first kappa shape index (κ1) is 13.3. The smallest absolute Gasteiger partial charge is 0.222 e. The van der Waals surface area contributed by atoms with Crippen LogP contribution in [0.3, 0.4) is 0 Å². The van der Waals surface area contributed by atoms with E-state index in [0.29, 0.717) is 23.1 Å². The first-order valence-electron chi connectivity index (χ1n) is 6.25. The zero-order valence-corrected chi connectivity index (χ0v) is 11.8. The van der Waals surface area contributed by atoms with E-state index in [0.717, 1.165) is 5.69 Å². The first-order valence-corrected chi connectivity index (χ1v) is 6.25. The van der Waals surface area contributed by atoms with Crippen LogP contribution in [0, 0.1) is 6.92 Å². The largest absolute Gasteiger partial charge is 0.437 e. The van der Waals surface area contributed by atoms with E-state index in [1.165, 1.54) is 0 Å². The number of para-hydroxylation sites is 2. The highest BCUT2D eigenvalue weighted by atomic mass is 16.5. The van der Waals surface area contributed by atoms with Gasteiger partial charge in [-0.3, -0.25) is 0 Å². The molecule has 0 atom stereocenters. The summed E-state index contributed by atoms with van der Waals surface area (Å²) in [7, 11) is 0. The minimum Gasteiger partial charge on any atom is -0.437 e. The van der Waals surface area contributed by atoms with Gasteiger partial charge in [-0.15, -0.1) is 0 Å². The number of hydrogen-bond acceptors (Lipinski definition) is 4. The van der Waals surface area contributed by atoms with Crippen molar-refractivity contribution in [2.45, 2.75) is 33.1 Å². The summed E-state index contributed by atoms with van der Waals surface area (Å²) in [6, 6.07) is 9.23. The second kappa shape index (κ2) is 4.88. The molecule has 0 bridgehead atoms. The van der Waals surface area contributed by atoms with Crippen LogP contribution in [0.5, 0.6) is 11.6 Å². The topological polar surface area (TPSA) is 61.0 Å². The molecular formula is C15H19N3O. The average Bonchev–Trinajstić information content (AvgIpc) is 2.30. The summed E-state index contributed by atoms with van der Waals surface area (Å²) in [5.74, 6) is 1.83. The summed E-state index contributed by atoms with van der Waals surface area (Å²) in [6.07, 6.45) is 0. The maximum Gasteiger partial charge on any atom is 0.222 e. The highest BCUT2D eigenvalue weighted by molar-refractivity contribution is 5.53. The molecule has 0 spiro atoms. The number of benzene rings is 1. The number of nitrogens with two attached hydrogens (primary N) is 1. The summed E-state index contributed by atoms with van der Waals surface area (Å²) >= 11 is 0. The van der Waals surface area contributed by atoms with E-state index in [4.69, 9.17) is 10.5 Å². The number of hydrogen-bond donors (Lipinski definition) is 1. The van der Waals surface area contributed by atoms with Crippen LogP contribution in [0.15, 0.2) is 30.3 Å². The summed E-state index contributed by atoms with van der Waals surface area (Å²) in [5, 5.41) is 0. The Labute approximate surface area is 113 Å². The van der Waals surface area contributed by atoms with E-state index in [-0.39, 0.29) is 5.41 Å². The molecule has 0 fully saturated rings. The van der Waals surface area contributed by atoms with Crippen molar-refractivity contribution in [1.82, 2.24) is 9.97 Å². The third-order valence-corrected chi connectivity index (χ3v) is 2.72. The van der Waals surface area contributed by atoms with E-state index in [1.807, 2.05) is 31.2 Å². The lowest BCUT2D eigenvalue weighted by Gasteiger charge is -2.18. The molecule has 2 aromatic rings. The van der Waals surface area contributed by atoms with Crippen molar-refractivity contribution < 1.29 is 4.74 Å². The van der Waals surface area contributed by atoms with Gasteiger partial charge in [0, 0.05) is 11.5 Å². The number of nitrogen functional groups attached to an aromatic ring is 1. The molecule has 19 heavy (non-hydrogen) atoms. The quantitative estimate of drug-likeness (QED) is 0.837. The zero-order valence-electron chi connectivity index (χ0n) is 11.8. The van der Waals surface area contributed by atoms with Crippen molar-refractivity contribution in [2.24, 2.45) is 0 Å². The van der Waals surface area contributed by atoms with Crippen LogP contribution in [0.2, 0.25) is 0 Å². The van der Waals surface area contributed by atoms with Gasteiger partial charge in [0.2, 0.25) is 5.88 Å². The monoisotopic (exact) mass is 257 g/mol. The number of aryl methyl sites for hydroxylation is 1. The molecule has 0 saturated heterocycles. The first-order chi connectivity index (χ1) is 8.86. The van der Waals surface area contributed by atoms with Crippen LogP contribution in [0.25, 0.3) is 0 Å². The van der Waals surface area contributed by atoms with Gasteiger partial charge >= 0.3 is 0 Å². The van der Waals surface area contributed by atoms with Crippen molar-refractivity contribution in [2.75, 3.05) is 5.73 Å². The van der Waals surface area contributed by atoms with Crippen molar-refractivity contribution in [3.05, 3.63) is 41.9 Å². The average molecular weight is 257 g/mol. The molecule has 2 rings (SSSR count). The Balaban J connectivity index is 2.36. The third-order valence-electron chi connectivity index (χ3n) is 2.72. The SMILES string of the molecule is Cc1nc(Oc2ccccc2N)cc(C(C)(C)C)n1. The predicted octanol–water partition coefficient (Wildman–Crippen LogP) is 3.46. The van der Waals surface area contributed by atoms with Gasteiger partial charge in [-0.2, -0.15) is 4.98 Å². The molecule has 0 aliphatic carbocycles. The molecular weight excluding hydrogens is 238 g/mol. The number of rotatable bonds is 2. The van der Waals surface area contributed by atoms with Crippen LogP contribution in [0.4, 0.5) is 5.69 Å². The summed E-state index contributed by atoms with van der Waals surface area (Å²) in [6.45, 7) is 8.18. The maximum absolute atomic E-state index is 5.86. The van der Waals surface area contributed by atoms with Crippen molar-refractivity contribution in [3.63, 3.8) is 0 Å². The molecule has 0 amide bonds. The van der Waals surface area contributed by atoms with Gasteiger partial charge in [0.05, 0.1) is 11.4 Å². The van der Waals surface area contributed by atoms with E-state index < -0.39 is 0 Å². The Morgan fingerprint density at radius 1 is 1.11 bits per heavy atom. The van der Waals surface area contributed by atoms with Crippen LogP contribution in [0.1, 0.15) is 32.3 Å². The minimum absolute atomic E-state index is 0.0476. The van der Waals surface area contributed by atoms with E-state index >= 15 is 0 Å². The summed E-state index contributed by atoms with van der Waals surface area (Å²) < 4.78 is 5.75. The molecule has 1 aromatic heterocycles. The van der Waals surface area contributed by atoms with Crippen molar-refractivity contribution >= 4 is 5.69 Å². The van der Waals surface area contributed by atoms with Crippen LogP contribution in [-0.4, -0.2) is 9.97 Å². The van der Waals surface area contributed by atoms with Gasteiger partial charge in [-0.05, 0) is 19.1 Å². The predicted molar refractivity (Wildman–Crippen MR) is 76.4 cm³/mol. The van der Waals surface area contributed by atoms with Crippen LogP contribution >= 0.6 is 0 Å². The lowest BCUT2D eigenvalue weighted by atomic mass is 9.92. The molecule has 0 aliphatic heterocycles. The molecule has 0 saturated carbocycles. The summed E-state index contributed by atoms with van der Waals surface area (Å²) in [4.78, 5) is 8.74. The second-order valence-corrected chi connectivity index (χ2v) is 5.53. The number of nitrogens with zero attached hydrogens (tertiary/aromatic N) is 2. The Kier molecular flexibility index (Phi) is 3.42. The highest BCUT2D eigenvalue weighted by Crippen LogP contribution is 2.28. The zero-order chi connectivity index (χ0) is 14.0. The number of anilines is 1. The van der Waals surface area contributed by atoms with Gasteiger partial charge < -0.3 is 10.5 Å². The fourth-order valence-corrected chi connectivity index (χ4v) is 1.66. The van der Waals surface area contributed by atoms with Gasteiger partial charge in [0.25, 0.3) is 0 Å². The van der Waals surface area contributed by atoms with Gasteiger partial charge in [0.1, 0.15) is 5.82 Å². The van der Waals surface area contributed by atoms with Gasteiger partial charge in [0.15, 0.2) is 5.75 Å². The second-order valence-electron chi connectivity index (χ2n) is 5.53. The molecule has 4 heteroatoms. The molecule has 0 unspecified atom stereocenters. The fourth-order valence-electron chi connectivity index (χ4n) is 1.66. The normalized spacial score (nSPS) is 11.4. The lowest BCUT2D eigenvalue weighted by Crippen LogP contribution is -2.15. The molecule has 4 nitrogen and oxygen atoms in total. The van der Waals surface area contributed by atoms with Crippen molar-refractivity contribution in [3.8, 4) is 11.6 Å². The van der Waals surface area contributed by atoms with E-state index in [2.05, 4.69) is 30.7 Å². The maximum atomic E-state index is 5.86. The van der Waals surface area contributed by atoms with E-state index in [1.54, 1.807) is 6.07 Å². The van der Waals surface area contributed by atoms with Crippen LogP contribution in [-0.2, 0) is 5.41 Å². The van der Waals surface area contributed by atoms with Crippen molar-refractivity contribution in [1.29, 1.82) is 0 Å². The molecule has 2 N–H and O–H groups in total. The number of ether oxygens (including phenoxy) is 1. The standard InChI is InChI=1S/C15H19N3O/c1-10-17-13(15(2,3)4)9-14(18-10)19-12-8-6-5-7-11(12)16/h5-9H,16H2,1-4H3. The molecule has 0 aliphatic rings. The number of aromatic nitrogens is 2. The van der Waals surface area contributed by atoms with Gasteiger partial charge in [-0.25, -0.2) is 4.98 Å². The summed E-state index contributed by atoms with van der Waals surface area (Å²) in [5.41, 5.74) is 7.36. The minimum atomic E-state index is -0.0476. The molecule has 1 heterocycles. The highest BCUT2D eigenvalue weighted by Gasteiger charge is 2.18. The third kappa shape index (κ3) is 3.22. The Bertz CT molecular complexity index is 588.